The Morgan fingerprint density at radius 2 is 1.12 bits per heavy atom. The molecule has 0 heterocycles. The lowest BCUT2D eigenvalue weighted by Gasteiger charge is -2.01. The number of unbranched alkanes of at least 4 members (excludes halogenated alkanes) is 11. The fraction of sp³-hybridized carbons (Fsp3) is 0.867. The predicted molar refractivity (Wildman–Crippen MR) is 70.9 cm³/mol. The van der Waals surface area contributed by atoms with Crippen LogP contribution in [0.2, 0.25) is 0 Å². The summed E-state index contributed by atoms with van der Waals surface area (Å²) >= 11 is 0. The maximum Gasteiger partial charge on any atom is 0.138 e. The summed E-state index contributed by atoms with van der Waals surface area (Å²) in [4.78, 5) is 0. The number of rotatable bonds is 12. The highest BCUT2D eigenvalue weighted by atomic mass is 16.2. The van der Waals surface area contributed by atoms with Crippen LogP contribution in [-0.4, -0.2) is 0 Å². The van der Waals surface area contributed by atoms with Gasteiger partial charge in [-0.1, -0.05) is 71.1 Å². The molecule has 0 amide bonds. The van der Waals surface area contributed by atoms with E-state index in [0.717, 1.165) is 12.7 Å². The lowest BCUT2D eigenvalue weighted by Crippen LogP contribution is -1.81. The monoisotopic (exact) mass is 225 g/mol. The average molecular weight is 225 g/mol. The SMILES string of the molecule is CCCCCCCCCCCCC/C=C/[O]. The van der Waals surface area contributed by atoms with Crippen LogP contribution in [0.1, 0.15) is 84.0 Å². The van der Waals surface area contributed by atoms with E-state index in [2.05, 4.69) is 6.92 Å². The van der Waals surface area contributed by atoms with Gasteiger partial charge in [-0.2, -0.15) is 0 Å². The van der Waals surface area contributed by atoms with Crippen LogP contribution in [0, 0.1) is 0 Å². The van der Waals surface area contributed by atoms with E-state index in [0.29, 0.717) is 0 Å². The Morgan fingerprint density at radius 1 is 0.688 bits per heavy atom. The van der Waals surface area contributed by atoms with Crippen molar-refractivity contribution in [3.8, 4) is 0 Å². The van der Waals surface area contributed by atoms with Crippen LogP contribution in [0.15, 0.2) is 12.3 Å². The van der Waals surface area contributed by atoms with Gasteiger partial charge in [-0.3, -0.25) is 5.11 Å². The molecule has 0 unspecified atom stereocenters. The summed E-state index contributed by atoms with van der Waals surface area (Å²) < 4.78 is 0. The van der Waals surface area contributed by atoms with E-state index in [1.807, 2.05) is 0 Å². The number of hydrogen-bond donors (Lipinski definition) is 0. The second kappa shape index (κ2) is 14.5. The van der Waals surface area contributed by atoms with E-state index in [4.69, 9.17) is 0 Å². The van der Waals surface area contributed by atoms with Gasteiger partial charge < -0.3 is 0 Å². The minimum Gasteiger partial charge on any atom is -0.299 e. The lowest BCUT2D eigenvalue weighted by molar-refractivity contribution is 0.349. The summed E-state index contributed by atoms with van der Waals surface area (Å²) in [6.45, 7) is 2.27. The van der Waals surface area contributed by atoms with Crippen LogP contribution in [0.4, 0.5) is 0 Å². The number of allylic oxidation sites excluding steroid dienone is 1. The molecule has 1 nitrogen and oxygen atoms in total. The zero-order valence-electron chi connectivity index (χ0n) is 11.0. The maximum absolute atomic E-state index is 10.0. The van der Waals surface area contributed by atoms with Crippen LogP contribution in [0.3, 0.4) is 0 Å². The highest BCUT2D eigenvalue weighted by Crippen LogP contribution is 2.11. The van der Waals surface area contributed by atoms with E-state index >= 15 is 0 Å². The van der Waals surface area contributed by atoms with Crippen LogP contribution in [0.5, 0.6) is 0 Å². The van der Waals surface area contributed by atoms with Gasteiger partial charge in [0.25, 0.3) is 0 Å². The Balaban J connectivity index is 2.88. The summed E-state index contributed by atoms with van der Waals surface area (Å²) in [6, 6.07) is 0. The molecule has 0 aliphatic carbocycles. The van der Waals surface area contributed by atoms with Crippen molar-refractivity contribution < 1.29 is 5.11 Å². The van der Waals surface area contributed by atoms with Gasteiger partial charge in [0, 0.05) is 0 Å². The number of hydrogen-bond acceptors (Lipinski definition) is 0. The zero-order valence-corrected chi connectivity index (χ0v) is 11.0. The minimum atomic E-state index is 0.913. The third-order valence-corrected chi connectivity index (χ3v) is 3.07. The maximum atomic E-state index is 10.0. The molecule has 0 saturated heterocycles. The molecule has 1 heteroatoms. The first kappa shape index (κ1) is 15.5. The molecule has 16 heavy (non-hydrogen) atoms. The molecule has 0 fully saturated rings. The van der Waals surface area contributed by atoms with E-state index in [9.17, 15) is 5.11 Å². The van der Waals surface area contributed by atoms with Gasteiger partial charge in [-0.05, 0) is 18.9 Å². The van der Waals surface area contributed by atoms with Crippen LogP contribution < -0.4 is 0 Å². The molecule has 0 aliphatic heterocycles. The van der Waals surface area contributed by atoms with Gasteiger partial charge in [-0.25, -0.2) is 0 Å². The lowest BCUT2D eigenvalue weighted by atomic mass is 10.1. The van der Waals surface area contributed by atoms with Crippen molar-refractivity contribution in [1.82, 2.24) is 0 Å². The van der Waals surface area contributed by atoms with E-state index in [-0.39, 0.29) is 0 Å². The molecule has 0 aromatic heterocycles. The normalized spacial score (nSPS) is 11.3. The van der Waals surface area contributed by atoms with Crippen molar-refractivity contribution in [1.29, 1.82) is 0 Å². The van der Waals surface area contributed by atoms with Gasteiger partial charge in [0.15, 0.2) is 0 Å². The summed E-state index contributed by atoms with van der Waals surface area (Å²) in [5.41, 5.74) is 0. The quantitative estimate of drug-likeness (QED) is 0.303. The first-order chi connectivity index (χ1) is 7.91. The summed E-state index contributed by atoms with van der Waals surface area (Å²) in [5, 5.41) is 10.0. The molecule has 0 spiro atoms. The van der Waals surface area contributed by atoms with Crippen LogP contribution in [-0.2, 0) is 5.11 Å². The van der Waals surface area contributed by atoms with Crippen molar-refractivity contribution in [2.24, 2.45) is 0 Å². The van der Waals surface area contributed by atoms with Crippen LogP contribution in [0.25, 0.3) is 0 Å². The molecule has 0 aromatic carbocycles. The third-order valence-electron chi connectivity index (χ3n) is 3.07. The van der Waals surface area contributed by atoms with Crippen LogP contribution >= 0.6 is 0 Å². The molecule has 0 bridgehead atoms. The summed E-state index contributed by atoms with van der Waals surface area (Å²) in [6.07, 6.45) is 18.7. The zero-order chi connectivity index (χ0) is 11.9. The van der Waals surface area contributed by atoms with Gasteiger partial charge in [0.05, 0.1) is 0 Å². The molecule has 0 atom stereocenters. The second-order valence-electron chi connectivity index (χ2n) is 4.70. The smallest absolute Gasteiger partial charge is 0.138 e. The van der Waals surface area contributed by atoms with Crippen molar-refractivity contribution in [2.75, 3.05) is 0 Å². The van der Waals surface area contributed by atoms with Gasteiger partial charge in [0.1, 0.15) is 6.26 Å². The van der Waals surface area contributed by atoms with E-state index in [1.54, 1.807) is 6.08 Å². The molecule has 0 aromatic rings. The van der Waals surface area contributed by atoms with Gasteiger partial charge in [-0.15, -0.1) is 0 Å². The fourth-order valence-electron chi connectivity index (χ4n) is 1.99. The van der Waals surface area contributed by atoms with E-state index < -0.39 is 0 Å². The molecule has 95 valence electrons. The third kappa shape index (κ3) is 13.5. The molecule has 1 radical (unpaired) electrons. The Morgan fingerprint density at radius 3 is 1.56 bits per heavy atom. The average Bonchev–Trinajstić information content (AvgIpc) is 2.31. The molecule has 0 N–H and O–H groups in total. The molecular formula is C15H29O. The Kier molecular flexibility index (Phi) is 14.1. The van der Waals surface area contributed by atoms with Crippen molar-refractivity contribution in [2.45, 2.75) is 84.0 Å². The molecular weight excluding hydrogens is 196 g/mol. The Bertz CT molecular complexity index is 140. The van der Waals surface area contributed by atoms with Crippen molar-refractivity contribution in [3.63, 3.8) is 0 Å². The standard InChI is InChI=1S/C15H29O/c1-2-3-4-5-6-7-8-9-10-11-12-13-14-15-16/h14-15H,2-13H2,1H3/b15-14+. The molecule has 0 aliphatic rings. The van der Waals surface area contributed by atoms with Crippen molar-refractivity contribution >= 4 is 0 Å². The van der Waals surface area contributed by atoms with E-state index in [1.165, 1.54) is 70.6 Å². The van der Waals surface area contributed by atoms with Gasteiger partial charge in [0.2, 0.25) is 0 Å². The topological polar surface area (TPSA) is 19.9 Å². The molecule has 0 saturated carbocycles. The predicted octanol–water partition coefficient (Wildman–Crippen LogP) is 5.63. The summed E-state index contributed by atoms with van der Waals surface area (Å²) in [7, 11) is 0. The Labute approximate surface area is 102 Å². The molecule has 0 rings (SSSR count). The first-order valence-electron chi connectivity index (χ1n) is 7.18. The minimum absolute atomic E-state index is 0.913. The van der Waals surface area contributed by atoms with Gasteiger partial charge >= 0.3 is 0 Å². The highest BCUT2D eigenvalue weighted by molar-refractivity contribution is 4.70. The largest absolute Gasteiger partial charge is 0.299 e. The van der Waals surface area contributed by atoms with Crippen molar-refractivity contribution in [3.05, 3.63) is 12.3 Å². The first-order valence-corrected chi connectivity index (χ1v) is 7.18. The highest BCUT2D eigenvalue weighted by Gasteiger charge is 1.92. The second-order valence-corrected chi connectivity index (χ2v) is 4.70. The summed E-state index contributed by atoms with van der Waals surface area (Å²) in [5.74, 6) is 0. The Hall–Kier alpha value is -0.460. The fourth-order valence-corrected chi connectivity index (χ4v) is 1.99.